The van der Waals surface area contributed by atoms with Crippen molar-refractivity contribution in [1.82, 2.24) is 20.0 Å². The molecular formula is C20H30N6. The van der Waals surface area contributed by atoms with Gasteiger partial charge in [0, 0.05) is 57.6 Å². The number of para-hydroxylation sites is 1. The van der Waals surface area contributed by atoms with Crippen molar-refractivity contribution in [3.05, 3.63) is 48.3 Å². The third-order valence-corrected chi connectivity index (χ3v) is 4.72. The molecule has 1 aromatic heterocycles. The predicted molar refractivity (Wildman–Crippen MR) is 108 cm³/mol. The molecule has 6 heteroatoms. The number of guanidine groups is 1. The van der Waals surface area contributed by atoms with Gasteiger partial charge in [0.15, 0.2) is 5.96 Å². The van der Waals surface area contributed by atoms with Gasteiger partial charge in [-0.1, -0.05) is 18.2 Å². The first-order chi connectivity index (χ1) is 12.8. The monoisotopic (exact) mass is 354 g/mol. The quantitative estimate of drug-likeness (QED) is 0.456. The molecule has 0 saturated carbocycles. The zero-order chi connectivity index (χ0) is 18.2. The summed E-state index contributed by atoms with van der Waals surface area (Å²) in [6.07, 6.45) is 6.30. The molecule has 0 amide bonds. The molecule has 1 aliphatic heterocycles. The molecule has 1 fully saturated rings. The van der Waals surface area contributed by atoms with Gasteiger partial charge < -0.3 is 15.5 Å². The maximum atomic E-state index is 4.83. The van der Waals surface area contributed by atoms with Gasteiger partial charge in [-0.2, -0.15) is 5.10 Å². The number of aliphatic imine (C=N–C) groups is 1. The zero-order valence-corrected chi connectivity index (χ0v) is 15.9. The second-order valence-electron chi connectivity index (χ2n) is 6.76. The molecule has 1 aliphatic rings. The molecule has 2 aromatic rings. The first-order valence-electron chi connectivity index (χ1n) is 9.57. The number of benzene rings is 1. The van der Waals surface area contributed by atoms with Gasteiger partial charge in [-0.25, -0.2) is 0 Å². The summed E-state index contributed by atoms with van der Waals surface area (Å²) in [5.41, 5.74) is 2.50. The first-order valence-corrected chi connectivity index (χ1v) is 9.57. The number of nitrogens with zero attached hydrogens (tertiary/aromatic N) is 4. The lowest BCUT2D eigenvalue weighted by atomic mass is 10.0. The van der Waals surface area contributed by atoms with Crippen LogP contribution in [0.4, 0.5) is 5.69 Å². The van der Waals surface area contributed by atoms with Crippen LogP contribution in [0.1, 0.15) is 31.2 Å². The van der Waals surface area contributed by atoms with Crippen molar-refractivity contribution in [3.8, 4) is 0 Å². The second-order valence-corrected chi connectivity index (χ2v) is 6.76. The van der Waals surface area contributed by atoms with Crippen LogP contribution >= 0.6 is 0 Å². The lowest BCUT2D eigenvalue weighted by molar-refractivity contribution is 0.486. The third-order valence-electron chi connectivity index (χ3n) is 4.72. The Balaban J connectivity index is 1.47. The summed E-state index contributed by atoms with van der Waals surface area (Å²) in [5, 5.41) is 11.2. The predicted octanol–water partition coefficient (Wildman–Crippen LogP) is 2.68. The fraction of sp³-hybridized carbons (Fsp3) is 0.500. The maximum Gasteiger partial charge on any atom is 0.193 e. The highest BCUT2D eigenvalue weighted by atomic mass is 15.3. The van der Waals surface area contributed by atoms with E-state index in [0.29, 0.717) is 5.92 Å². The van der Waals surface area contributed by atoms with Crippen LogP contribution in [0.15, 0.2) is 47.7 Å². The van der Waals surface area contributed by atoms with Crippen molar-refractivity contribution in [2.75, 3.05) is 38.0 Å². The smallest absolute Gasteiger partial charge is 0.193 e. The molecule has 26 heavy (non-hydrogen) atoms. The Kier molecular flexibility index (Phi) is 6.52. The van der Waals surface area contributed by atoms with Crippen LogP contribution in [0.25, 0.3) is 0 Å². The Bertz CT molecular complexity index is 693. The molecule has 0 aliphatic carbocycles. The van der Waals surface area contributed by atoms with Crippen LogP contribution in [0.3, 0.4) is 0 Å². The van der Waals surface area contributed by atoms with E-state index in [1.165, 1.54) is 11.3 Å². The molecule has 1 aromatic carbocycles. The highest BCUT2D eigenvalue weighted by Gasteiger charge is 2.26. The lowest BCUT2D eigenvalue weighted by Gasteiger charge is -2.21. The van der Waals surface area contributed by atoms with E-state index in [2.05, 4.69) is 58.0 Å². The maximum absolute atomic E-state index is 4.83. The van der Waals surface area contributed by atoms with Gasteiger partial charge in [0.25, 0.3) is 0 Å². The number of hydrogen-bond acceptors (Lipinski definition) is 3. The van der Waals surface area contributed by atoms with E-state index in [4.69, 9.17) is 4.99 Å². The summed E-state index contributed by atoms with van der Waals surface area (Å²) in [4.78, 5) is 7.21. The van der Waals surface area contributed by atoms with Crippen molar-refractivity contribution < 1.29 is 0 Å². The number of hydrogen-bond donors (Lipinski definition) is 2. The molecular weight excluding hydrogens is 324 g/mol. The van der Waals surface area contributed by atoms with Crippen molar-refractivity contribution in [2.24, 2.45) is 12.0 Å². The van der Waals surface area contributed by atoms with E-state index in [-0.39, 0.29) is 0 Å². The minimum absolute atomic E-state index is 0.548. The molecule has 1 unspecified atom stereocenters. The number of aromatic nitrogens is 2. The minimum atomic E-state index is 0.548. The van der Waals surface area contributed by atoms with Gasteiger partial charge in [0.05, 0.1) is 6.20 Å². The molecule has 140 valence electrons. The summed E-state index contributed by atoms with van der Waals surface area (Å²) in [7, 11) is 1.98. The lowest BCUT2D eigenvalue weighted by Crippen LogP contribution is -2.40. The highest BCUT2D eigenvalue weighted by Crippen LogP contribution is 2.26. The van der Waals surface area contributed by atoms with E-state index >= 15 is 0 Å². The van der Waals surface area contributed by atoms with Crippen molar-refractivity contribution in [1.29, 1.82) is 0 Å². The van der Waals surface area contributed by atoms with Crippen LogP contribution in [-0.2, 0) is 7.05 Å². The summed E-state index contributed by atoms with van der Waals surface area (Å²) < 4.78 is 1.89. The minimum Gasteiger partial charge on any atom is -0.385 e. The average molecular weight is 355 g/mol. The molecule has 0 radical (unpaired) electrons. The van der Waals surface area contributed by atoms with Crippen LogP contribution in [0.5, 0.6) is 0 Å². The van der Waals surface area contributed by atoms with Crippen molar-refractivity contribution in [2.45, 2.75) is 25.7 Å². The fourth-order valence-electron chi connectivity index (χ4n) is 3.35. The van der Waals surface area contributed by atoms with Gasteiger partial charge >= 0.3 is 0 Å². The number of anilines is 1. The number of rotatable bonds is 7. The number of aryl methyl sites for hydroxylation is 1. The largest absolute Gasteiger partial charge is 0.385 e. The number of likely N-dealkylation sites (tertiary alicyclic amines) is 1. The summed E-state index contributed by atoms with van der Waals surface area (Å²) >= 11 is 0. The Morgan fingerprint density at radius 2 is 2.15 bits per heavy atom. The highest BCUT2D eigenvalue weighted by molar-refractivity contribution is 5.80. The van der Waals surface area contributed by atoms with E-state index in [9.17, 15) is 0 Å². The fourth-order valence-corrected chi connectivity index (χ4v) is 3.35. The Labute approximate surface area is 156 Å². The molecule has 3 rings (SSSR count). The number of nitrogens with one attached hydrogen (secondary N) is 2. The van der Waals surface area contributed by atoms with Crippen molar-refractivity contribution in [3.63, 3.8) is 0 Å². The van der Waals surface area contributed by atoms with Crippen molar-refractivity contribution >= 4 is 11.6 Å². The Morgan fingerprint density at radius 3 is 2.88 bits per heavy atom. The zero-order valence-electron chi connectivity index (χ0n) is 15.9. The first kappa shape index (κ1) is 18.3. The summed E-state index contributed by atoms with van der Waals surface area (Å²) in [6.45, 7) is 6.85. The third kappa shape index (κ3) is 5.00. The van der Waals surface area contributed by atoms with Gasteiger partial charge in [-0.05, 0) is 37.5 Å². The van der Waals surface area contributed by atoms with Gasteiger partial charge in [0.2, 0.25) is 0 Å². The van der Waals surface area contributed by atoms with Crippen LogP contribution in [0.2, 0.25) is 0 Å². The van der Waals surface area contributed by atoms with Gasteiger partial charge in [-0.3, -0.25) is 9.67 Å². The summed E-state index contributed by atoms with van der Waals surface area (Å²) in [6, 6.07) is 10.3. The summed E-state index contributed by atoms with van der Waals surface area (Å²) in [5.74, 6) is 1.59. The molecule has 0 spiro atoms. The molecule has 2 heterocycles. The standard InChI is InChI=1S/C20H30N6/c1-3-21-20(23-12-7-11-22-19-8-5-4-6-9-19)26-13-10-17(16-26)18-14-24-25(2)15-18/h4-6,8-9,14-15,17,22H,3,7,10-13,16H2,1-2H3,(H,21,23). The normalized spacial score (nSPS) is 17.5. The van der Waals surface area contributed by atoms with Crippen LogP contribution in [-0.4, -0.2) is 53.4 Å². The Hall–Kier alpha value is -2.50. The molecule has 6 nitrogen and oxygen atoms in total. The van der Waals surface area contributed by atoms with E-state index in [0.717, 1.165) is 51.5 Å². The van der Waals surface area contributed by atoms with E-state index in [1.54, 1.807) is 0 Å². The van der Waals surface area contributed by atoms with Crippen LogP contribution < -0.4 is 10.6 Å². The van der Waals surface area contributed by atoms with Crippen LogP contribution in [0, 0.1) is 0 Å². The van der Waals surface area contributed by atoms with E-state index < -0.39 is 0 Å². The second kappa shape index (κ2) is 9.27. The molecule has 2 N–H and O–H groups in total. The molecule has 1 atom stereocenters. The van der Waals surface area contributed by atoms with Gasteiger partial charge in [0.1, 0.15) is 0 Å². The SMILES string of the molecule is CCNC(=NCCCNc1ccccc1)N1CCC(c2cnn(C)c2)C1. The average Bonchev–Trinajstić information content (AvgIpc) is 3.30. The molecule has 1 saturated heterocycles. The van der Waals surface area contributed by atoms with E-state index in [1.807, 2.05) is 24.0 Å². The topological polar surface area (TPSA) is 57.5 Å². The Morgan fingerprint density at radius 1 is 1.31 bits per heavy atom. The van der Waals surface area contributed by atoms with Gasteiger partial charge in [-0.15, -0.1) is 0 Å². The molecule has 0 bridgehead atoms.